The summed E-state index contributed by atoms with van der Waals surface area (Å²) in [4.78, 5) is 0. The van der Waals surface area contributed by atoms with Gasteiger partial charge in [-0.05, 0) is 0 Å². The van der Waals surface area contributed by atoms with Crippen LogP contribution in [-0.4, -0.2) is 20.4 Å². The van der Waals surface area contributed by atoms with E-state index in [1.165, 1.54) is 28.4 Å². The molecule has 0 unspecified atom stereocenters. The summed E-state index contributed by atoms with van der Waals surface area (Å²) in [5.74, 6) is 0. The van der Waals surface area contributed by atoms with Gasteiger partial charge in [0, 0.05) is 0 Å². The Hall–Kier alpha value is 0.276. The number of halogens is 1. The van der Waals surface area contributed by atoms with Crippen LogP contribution >= 0.6 is 12.4 Å². The molecule has 76 valence electrons. The summed E-state index contributed by atoms with van der Waals surface area (Å²) < 4.78 is 2.92. The lowest BCUT2D eigenvalue weighted by atomic mass is 10.2. The Morgan fingerprint density at radius 3 is 2.43 bits per heavy atom. The van der Waals surface area contributed by atoms with Crippen LogP contribution in [0.5, 0.6) is 0 Å². The predicted molar refractivity (Wildman–Crippen MR) is 67.5 cm³/mol. The van der Waals surface area contributed by atoms with E-state index in [-0.39, 0.29) is 32.8 Å². The highest BCUT2D eigenvalue weighted by molar-refractivity contribution is 6.34. The highest BCUT2D eigenvalue weighted by Crippen LogP contribution is 2.03. The van der Waals surface area contributed by atoms with Crippen molar-refractivity contribution in [2.75, 3.05) is 0 Å². The number of unbranched alkanes of at least 4 members (excludes halogenated alkanes) is 2. The molecule has 0 aliphatic rings. The van der Waals surface area contributed by atoms with Gasteiger partial charge in [0.15, 0.2) is 0 Å². The van der Waals surface area contributed by atoms with Crippen molar-refractivity contribution >= 4 is 32.8 Å². The molecule has 0 saturated heterocycles. The Morgan fingerprint density at radius 1 is 1.07 bits per heavy atom. The SMILES string of the molecule is CCCC[CH2][Mg][CH2]c1ccccc1.Cl. The molecule has 0 atom stereocenters. The largest absolute Gasteiger partial charge is 0.370 e. The van der Waals surface area contributed by atoms with Gasteiger partial charge in [0.05, 0.1) is 0 Å². The molecule has 0 radical (unpaired) electrons. The summed E-state index contributed by atoms with van der Waals surface area (Å²) >= 11 is 0.193. The summed E-state index contributed by atoms with van der Waals surface area (Å²) in [5.41, 5.74) is 1.55. The molecule has 14 heavy (non-hydrogen) atoms. The highest BCUT2D eigenvalue weighted by atomic mass is 35.5. The van der Waals surface area contributed by atoms with E-state index in [0.29, 0.717) is 0 Å². The van der Waals surface area contributed by atoms with E-state index in [9.17, 15) is 0 Å². The molecule has 0 heterocycles. The Labute approximate surface area is 104 Å². The normalized spacial score (nSPS) is 8.93. The van der Waals surface area contributed by atoms with Crippen LogP contribution in [0, 0.1) is 0 Å². The van der Waals surface area contributed by atoms with Crippen molar-refractivity contribution < 1.29 is 0 Å². The molecule has 1 aromatic rings. The van der Waals surface area contributed by atoms with Gasteiger partial charge >= 0.3 is 20.4 Å². The van der Waals surface area contributed by atoms with E-state index < -0.39 is 0 Å². The summed E-state index contributed by atoms with van der Waals surface area (Å²) in [6.07, 6.45) is 4.26. The van der Waals surface area contributed by atoms with E-state index in [0.717, 1.165) is 0 Å². The zero-order valence-corrected chi connectivity index (χ0v) is 11.3. The van der Waals surface area contributed by atoms with Gasteiger partial charge < -0.3 is 0 Å². The molecule has 1 aromatic carbocycles. The minimum Gasteiger partial charge on any atom is -0.147 e. The maximum atomic E-state index is 2.28. The third kappa shape index (κ3) is 6.69. The summed E-state index contributed by atoms with van der Waals surface area (Å²) in [5, 5.41) is 0. The van der Waals surface area contributed by atoms with Crippen LogP contribution in [-0.2, 0) is 4.55 Å². The fourth-order valence-electron chi connectivity index (χ4n) is 1.58. The van der Waals surface area contributed by atoms with Crippen molar-refractivity contribution in [3.05, 3.63) is 35.9 Å². The molecule has 0 amide bonds. The van der Waals surface area contributed by atoms with Crippen molar-refractivity contribution in [2.45, 2.75) is 35.3 Å². The predicted octanol–water partition coefficient (Wildman–Crippen LogP) is 3.92. The lowest BCUT2D eigenvalue weighted by molar-refractivity contribution is 0.768. The fourth-order valence-corrected chi connectivity index (χ4v) is 3.28. The zero-order chi connectivity index (χ0) is 9.36. The third-order valence-electron chi connectivity index (χ3n) is 2.41. The highest BCUT2D eigenvalue weighted by Gasteiger charge is 1.96. The smallest absolute Gasteiger partial charge is 0.147 e. The van der Waals surface area contributed by atoms with E-state index in [2.05, 4.69) is 37.3 Å². The van der Waals surface area contributed by atoms with Crippen LogP contribution in [0.2, 0.25) is 4.55 Å². The first-order chi connectivity index (χ1) is 6.43. The maximum absolute atomic E-state index is 2.28. The first-order valence-corrected chi connectivity index (χ1v) is 7.47. The molecule has 0 aromatic heterocycles. The van der Waals surface area contributed by atoms with Gasteiger partial charge in [-0.2, -0.15) is 0 Å². The molecule has 0 bridgehead atoms. The fraction of sp³-hybridized carbons (Fsp3) is 0.500. The van der Waals surface area contributed by atoms with Crippen LogP contribution in [0.25, 0.3) is 0 Å². The van der Waals surface area contributed by atoms with Crippen LogP contribution < -0.4 is 0 Å². The first kappa shape index (κ1) is 14.3. The number of hydrogen-bond donors (Lipinski definition) is 0. The van der Waals surface area contributed by atoms with Crippen LogP contribution in [0.15, 0.2) is 30.3 Å². The van der Waals surface area contributed by atoms with Crippen molar-refractivity contribution in [1.29, 1.82) is 0 Å². The average Bonchev–Trinajstić information content (AvgIpc) is 2.19. The van der Waals surface area contributed by atoms with Gasteiger partial charge in [0.2, 0.25) is 0 Å². The van der Waals surface area contributed by atoms with Crippen LogP contribution in [0.4, 0.5) is 0 Å². The molecule has 0 aliphatic carbocycles. The Balaban J connectivity index is 0.00000169. The Bertz CT molecular complexity index is 211. The quantitative estimate of drug-likeness (QED) is 0.506. The van der Waals surface area contributed by atoms with E-state index >= 15 is 0 Å². The minimum absolute atomic E-state index is 0. The second-order valence-corrected chi connectivity index (χ2v) is 5.56. The molecular weight excluding hydrogens is 204 g/mol. The third-order valence-corrected chi connectivity index (χ3v) is 4.34. The second kappa shape index (κ2) is 9.82. The van der Waals surface area contributed by atoms with Crippen LogP contribution in [0.1, 0.15) is 31.7 Å². The Kier molecular flexibility index (Phi) is 10.0. The number of hydrogen-bond acceptors (Lipinski definition) is 0. The zero-order valence-electron chi connectivity index (χ0n) is 9.04. The van der Waals surface area contributed by atoms with Crippen molar-refractivity contribution in [3.8, 4) is 0 Å². The summed E-state index contributed by atoms with van der Waals surface area (Å²) in [6, 6.07) is 10.9. The molecule has 0 aliphatic heterocycles. The monoisotopic (exact) mass is 222 g/mol. The lowest BCUT2D eigenvalue weighted by Gasteiger charge is -1.98. The molecule has 0 fully saturated rings. The first-order valence-electron chi connectivity index (χ1n) is 5.47. The lowest BCUT2D eigenvalue weighted by Crippen LogP contribution is -1.95. The second-order valence-electron chi connectivity index (χ2n) is 3.65. The van der Waals surface area contributed by atoms with Gasteiger partial charge in [-0.25, -0.2) is 0 Å². The van der Waals surface area contributed by atoms with Gasteiger partial charge in [-0.15, -0.1) is 21.5 Å². The number of benzene rings is 1. The topological polar surface area (TPSA) is 0 Å². The molecule has 0 nitrogen and oxygen atoms in total. The van der Waals surface area contributed by atoms with Gasteiger partial charge in [0.25, 0.3) is 0 Å². The molecule has 1 rings (SSSR count). The molecule has 0 saturated carbocycles. The average molecular weight is 223 g/mol. The van der Waals surface area contributed by atoms with Crippen molar-refractivity contribution in [3.63, 3.8) is 0 Å². The molecule has 2 heteroatoms. The molecule has 0 N–H and O–H groups in total. The Morgan fingerprint density at radius 2 is 1.79 bits per heavy atom. The van der Waals surface area contributed by atoms with Gasteiger partial charge in [0.1, 0.15) is 0 Å². The summed E-state index contributed by atoms with van der Waals surface area (Å²) in [6.45, 7) is 2.28. The standard InChI is InChI=1S/C7H7.C5H11.ClH.Mg/c1-7-5-3-2-4-6-7;1-3-5-4-2;;/h2-6H,1H2;1,3-5H2,2H3;1H;. The maximum Gasteiger partial charge on any atom is 0.370 e. The van der Waals surface area contributed by atoms with Gasteiger partial charge in [-0.1, -0.05) is 62.1 Å². The van der Waals surface area contributed by atoms with E-state index in [1.54, 1.807) is 5.56 Å². The molecular formula is C12H19ClMg. The number of rotatable bonds is 6. The van der Waals surface area contributed by atoms with E-state index in [1.807, 2.05) is 0 Å². The van der Waals surface area contributed by atoms with Gasteiger partial charge in [-0.3, -0.25) is 0 Å². The minimum atomic E-state index is 0. The van der Waals surface area contributed by atoms with Crippen molar-refractivity contribution in [2.24, 2.45) is 0 Å². The van der Waals surface area contributed by atoms with Crippen molar-refractivity contribution in [1.82, 2.24) is 0 Å². The summed E-state index contributed by atoms with van der Waals surface area (Å²) in [7, 11) is 0. The van der Waals surface area contributed by atoms with E-state index in [4.69, 9.17) is 0 Å². The van der Waals surface area contributed by atoms with Crippen LogP contribution in [0.3, 0.4) is 0 Å². The molecule has 0 spiro atoms.